The molecule has 1 unspecified atom stereocenters. The van der Waals surface area contributed by atoms with Gasteiger partial charge in [0, 0.05) is 25.5 Å². The summed E-state index contributed by atoms with van der Waals surface area (Å²) >= 11 is 1.37. The molecule has 6 heteroatoms. The Kier molecular flexibility index (Phi) is 4.19. The molecule has 0 aromatic carbocycles. The molecule has 0 aliphatic rings. The van der Waals surface area contributed by atoms with Crippen LogP contribution in [0.25, 0.3) is 0 Å². The van der Waals surface area contributed by atoms with Crippen molar-refractivity contribution >= 4 is 17.2 Å². The Balaban J connectivity index is 2.67. The molecule has 0 fully saturated rings. The molecule has 0 spiro atoms. The van der Waals surface area contributed by atoms with E-state index in [1.807, 2.05) is 0 Å². The first-order chi connectivity index (χ1) is 7.04. The monoisotopic (exact) mass is 229 g/mol. The molecule has 3 N–H and O–H groups in total. The Bertz CT molecular complexity index is 338. The molecule has 0 saturated heterocycles. The van der Waals surface area contributed by atoms with Crippen molar-refractivity contribution in [3.8, 4) is 0 Å². The third kappa shape index (κ3) is 3.26. The van der Waals surface area contributed by atoms with Gasteiger partial charge < -0.3 is 15.7 Å². The number of aliphatic hydroxyl groups is 1. The van der Waals surface area contributed by atoms with Crippen molar-refractivity contribution in [3.63, 3.8) is 0 Å². The number of carbonyl (C=O) groups is 1. The average Bonchev–Trinajstić information content (AvgIpc) is 2.63. The number of nitrogens with two attached hydrogens (primary N) is 1. The van der Waals surface area contributed by atoms with E-state index in [4.69, 9.17) is 10.8 Å². The van der Waals surface area contributed by atoms with E-state index in [0.29, 0.717) is 18.8 Å². The van der Waals surface area contributed by atoms with Crippen LogP contribution in [-0.4, -0.2) is 40.6 Å². The van der Waals surface area contributed by atoms with Crippen molar-refractivity contribution in [2.24, 2.45) is 5.73 Å². The maximum Gasteiger partial charge on any atom is 0.273 e. The van der Waals surface area contributed by atoms with Crippen molar-refractivity contribution < 1.29 is 9.90 Å². The quantitative estimate of drug-likeness (QED) is 0.765. The number of thiazole rings is 1. The smallest absolute Gasteiger partial charge is 0.273 e. The lowest BCUT2D eigenvalue weighted by atomic mass is 10.3. The van der Waals surface area contributed by atoms with E-state index in [1.165, 1.54) is 16.2 Å². The topological polar surface area (TPSA) is 79.5 Å². The number of rotatable bonds is 4. The van der Waals surface area contributed by atoms with Crippen LogP contribution < -0.4 is 5.73 Å². The second-order valence-electron chi connectivity index (χ2n) is 3.37. The summed E-state index contributed by atoms with van der Waals surface area (Å²) < 4.78 is 0. The highest BCUT2D eigenvalue weighted by Crippen LogP contribution is 2.10. The number of hydrogen-bond acceptors (Lipinski definition) is 5. The van der Waals surface area contributed by atoms with Gasteiger partial charge in [0.2, 0.25) is 0 Å². The highest BCUT2D eigenvalue weighted by molar-refractivity contribution is 7.09. The standard InChI is InChI=1S/C9H15N3O2S/c1-6(13)4-12(2)9(14)7-5-15-8(3-10)11-7/h5-6,13H,3-4,10H2,1-2H3. The van der Waals surface area contributed by atoms with E-state index in [9.17, 15) is 4.79 Å². The third-order valence-corrected chi connectivity index (χ3v) is 2.70. The van der Waals surface area contributed by atoms with Gasteiger partial charge in [0.1, 0.15) is 10.7 Å². The molecule has 0 aliphatic heterocycles. The summed E-state index contributed by atoms with van der Waals surface area (Å²) in [5, 5.41) is 11.6. The van der Waals surface area contributed by atoms with Crippen molar-refractivity contribution in [3.05, 3.63) is 16.1 Å². The number of aromatic nitrogens is 1. The number of nitrogens with zero attached hydrogens (tertiary/aromatic N) is 2. The summed E-state index contributed by atoms with van der Waals surface area (Å²) in [7, 11) is 1.64. The molecule has 0 bridgehead atoms. The van der Waals surface area contributed by atoms with Crippen LogP contribution in [0.1, 0.15) is 22.4 Å². The minimum Gasteiger partial charge on any atom is -0.392 e. The highest BCUT2D eigenvalue weighted by atomic mass is 32.1. The maximum absolute atomic E-state index is 11.7. The number of amides is 1. The van der Waals surface area contributed by atoms with Crippen LogP contribution in [0.15, 0.2) is 5.38 Å². The van der Waals surface area contributed by atoms with E-state index in [-0.39, 0.29) is 5.91 Å². The van der Waals surface area contributed by atoms with E-state index < -0.39 is 6.10 Å². The van der Waals surface area contributed by atoms with Crippen LogP contribution in [0.5, 0.6) is 0 Å². The summed E-state index contributed by atoms with van der Waals surface area (Å²) in [6.07, 6.45) is -0.536. The minimum atomic E-state index is -0.536. The maximum atomic E-state index is 11.7. The fourth-order valence-electron chi connectivity index (χ4n) is 1.18. The van der Waals surface area contributed by atoms with Gasteiger partial charge in [-0.1, -0.05) is 0 Å². The van der Waals surface area contributed by atoms with Gasteiger partial charge in [-0.05, 0) is 6.92 Å². The van der Waals surface area contributed by atoms with Crippen LogP contribution in [0.4, 0.5) is 0 Å². The third-order valence-electron chi connectivity index (χ3n) is 1.83. The molecule has 0 radical (unpaired) electrons. The lowest BCUT2D eigenvalue weighted by Crippen LogP contribution is -2.33. The van der Waals surface area contributed by atoms with Gasteiger partial charge >= 0.3 is 0 Å². The molecule has 0 aliphatic carbocycles. The molecule has 84 valence electrons. The Labute approximate surface area is 92.5 Å². The van der Waals surface area contributed by atoms with E-state index in [0.717, 1.165) is 5.01 Å². The van der Waals surface area contributed by atoms with Crippen molar-refractivity contribution in [1.82, 2.24) is 9.88 Å². The Morgan fingerprint density at radius 3 is 2.93 bits per heavy atom. The number of carbonyl (C=O) groups excluding carboxylic acids is 1. The zero-order valence-corrected chi connectivity index (χ0v) is 9.62. The van der Waals surface area contributed by atoms with E-state index in [1.54, 1.807) is 19.4 Å². The number of hydrogen-bond donors (Lipinski definition) is 2. The van der Waals surface area contributed by atoms with Gasteiger partial charge in [-0.3, -0.25) is 4.79 Å². The Morgan fingerprint density at radius 1 is 1.80 bits per heavy atom. The van der Waals surface area contributed by atoms with Crippen LogP contribution >= 0.6 is 11.3 Å². The first-order valence-corrected chi connectivity index (χ1v) is 5.50. The molecule has 15 heavy (non-hydrogen) atoms. The lowest BCUT2D eigenvalue weighted by Gasteiger charge is -2.17. The largest absolute Gasteiger partial charge is 0.392 e. The lowest BCUT2D eigenvalue weighted by molar-refractivity contribution is 0.0699. The fourth-order valence-corrected chi connectivity index (χ4v) is 1.83. The molecule has 5 nitrogen and oxygen atoms in total. The van der Waals surface area contributed by atoms with E-state index in [2.05, 4.69) is 4.98 Å². The SMILES string of the molecule is CC(O)CN(C)C(=O)c1csc(CN)n1. The summed E-state index contributed by atoms with van der Waals surface area (Å²) in [6.45, 7) is 2.28. The van der Waals surface area contributed by atoms with Gasteiger partial charge in [0.05, 0.1) is 6.10 Å². The highest BCUT2D eigenvalue weighted by Gasteiger charge is 2.16. The summed E-state index contributed by atoms with van der Waals surface area (Å²) in [5.41, 5.74) is 5.80. The van der Waals surface area contributed by atoms with Crippen molar-refractivity contribution in [2.45, 2.75) is 19.6 Å². The molecule has 1 heterocycles. The Hall–Kier alpha value is -0.980. The first-order valence-electron chi connectivity index (χ1n) is 4.62. The predicted molar refractivity (Wildman–Crippen MR) is 58.6 cm³/mol. The number of likely N-dealkylation sites (N-methyl/N-ethyl adjacent to an activating group) is 1. The molecule has 0 saturated carbocycles. The second-order valence-corrected chi connectivity index (χ2v) is 4.31. The average molecular weight is 229 g/mol. The zero-order chi connectivity index (χ0) is 11.4. The predicted octanol–water partition coefficient (Wildman–Crippen LogP) is 0.0546. The van der Waals surface area contributed by atoms with Crippen LogP contribution in [0.2, 0.25) is 0 Å². The van der Waals surface area contributed by atoms with Crippen molar-refractivity contribution in [1.29, 1.82) is 0 Å². The molecular formula is C9H15N3O2S. The summed E-state index contributed by atoms with van der Waals surface area (Å²) in [6, 6.07) is 0. The fraction of sp³-hybridized carbons (Fsp3) is 0.556. The molecular weight excluding hydrogens is 214 g/mol. The van der Waals surface area contributed by atoms with Crippen LogP contribution in [0, 0.1) is 0 Å². The van der Waals surface area contributed by atoms with Gasteiger partial charge in [0.25, 0.3) is 5.91 Å². The van der Waals surface area contributed by atoms with E-state index >= 15 is 0 Å². The minimum absolute atomic E-state index is 0.188. The van der Waals surface area contributed by atoms with Gasteiger partial charge in [0.15, 0.2) is 0 Å². The molecule has 1 amide bonds. The second kappa shape index (κ2) is 5.20. The van der Waals surface area contributed by atoms with Gasteiger partial charge in [-0.25, -0.2) is 4.98 Å². The molecule has 1 aromatic heterocycles. The summed E-state index contributed by atoms with van der Waals surface area (Å²) in [4.78, 5) is 17.2. The van der Waals surface area contributed by atoms with Gasteiger partial charge in [-0.15, -0.1) is 11.3 Å². The molecule has 1 rings (SSSR count). The number of aliphatic hydroxyl groups excluding tert-OH is 1. The Morgan fingerprint density at radius 2 is 2.47 bits per heavy atom. The zero-order valence-electron chi connectivity index (χ0n) is 8.80. The van der Waals surface area contributed by atoms with Crippen LogP contribution in [-0.2, 0) is 6.54 Å². The van der Waals surface area contributed by atoms with Crippen LogP contribution in [0.3, 0.4) is 0 Å². The molecule has 1 atom stereocenters. The van der Waals surface area contributed by atoms with Gasteiger partial charge in [-0.2, -0.15) is 0 Å². The molecule has 1 aromatic rings. The van der Waals surface area contributed by atoms with Crippen molar-refractivity contribution in [2.75, 3.05) is 13.6 Å². The first kappa shape index (κ1) is 12.1. The normalized spacial score (nSPS) is 12.5. The summed E-state index contributed by atoms with van der Waals surface area (Å²) in [5.74, 6) is -0.188.